The molecule has 0 aliphatic carbocycles. The molecule has 25 heavy (non-hydrogen) atoms. The number of likely N-dealkylation sites (tertiary alicyclic amines) is 1. The van der Waals surface area contributed by atoms with Gasteiger partial charge in [0.1, 0.15) is 0 Å². The average Bonchev–Trinajstić information content (AvgIpc) is 2.97. The lowest BCUT2D eigenvalue weighted by atomic mass is 9.99. The maximum absolute atomic E-state index is 11.8. The summed E-state index contributed by atoms with van der Waals surface area (Å²) < 4.78 is 4.90. The third kappa shape index (κ3) is 6.36. The van der Waals surface area contributed by atoms with E-state index < -0.39 is 0 Å². The number of carbonyl (C=O) groups excluding carboxylic acids is 1. The fourth-order valence-corrected chi connectivity index (χ4v) is 3.88. The molecule has 1 N–H and O–H groups in total. The predicted octanol–water partition coefficient (Wildman–Crippen LogP) is 3.10. The predicted molar refractivity (Wildman–Crippen MR) is 115 cm³/mol. The maximum atomic E-state index is 11.8. The van der Waals surface area contributed by atoms with Crippen molar-refractivity contribution in [3.05, 3.63) is 30.3 Å². The summed E-state index contributed by atoms with van der Waals surface area (Å²) in [6, 6.07) is 10.4. The Morgan fingerprint density at radius 3 is 2.68 bits per heavy atom. The van der Waals surface area contributed by atoms with Crippen LogP contribution in [0, 0.1) is 11.8 Å². The molecule has 1 heterocycles. The minimum atomic E-state index is -0.131. The number of halogens is 1. The van der Waals surface area contributed by atoms with Crippen molar-refractivity contribution < 1.29 is 9.53 Å². The summed E-state index contributed by atoms with van der Waals surface area (Å²) in [4.78, 5) is 19.6. The van der Waals surface area contributed by atoms with Gasteiger partial charge >= 0.3 is 5.97 Å². The van der Waals surface area contributed by atoms with Crippen LogP contribution in [-0.2, 0) is 9.53 Å². The van der Waals surface area contributed by atoms with E-state index in [1.807, 2.05) is 17.8 Å². The summed E-state index contributed by atoms with van der Waals surface area (Å²) in [5, 5.41) is 3.85. The van der Waals surface area contributed by atoms with Gasteiger partial charge in [0.2, 0.25) is 0 Å². The smallest absolute Gasteiger partial charge is 0.310 e. The number of benzene rings is 1. The highest BCUT2D eigenvalue weighted by Crippen LogP contribution is 2.25. The van der Waals surface area contributed by atoms with Crippen molar-refractivity contribution in [1.82, 2.24) is 10.2 Å². The fourth-order valence-electron chi connectivity index (χ4n) is 2.94. The first kappa shape index (κ1) is 22.1. The number of esters is 1. The summed E-state index contributed by atoms with van der Waals surface area (Å²) in [5.74, 6) is 0.916. The Morgan fingerprint density at radius 2 is 2.08 bits per heavy atom. The lowest BCUT2D eigenvalue weighted by molar-refractivity contribution is -0.145. The Hall–Kier alpha value is -0.960. The number of carbonyl (C=O) groups is 1. The number of thioether (sulfide) groups is 1. The number of guanidine groups is 1. The van der Waals surface area contributed by atoms with Crippen LogP contribution in [0.3, 0.4) is 0 Å². The van der Waals surface area contributed by atoms with Crippen LogP contribution in [0.25, 0.3) is 0 Å². The molecule has 1 aliphatic heterocycles. The van der Waals surface area contributed by atoms with Crippen LogP contribution in [-0.4, -0.2) is 55.9 Å². The van der Waals surface area contributed by atoms with Gasteiger partial charge in [0.15, 0.2) is 5.96 Å². The lowest BCUT2D eigenvalue weighted by Gasteiger charge is -2.23. The highest BCUT2D eigenvalue weighted by molar-refractivity contribution is 14.0. The molecule has 2 rings (SSSR count). The Bertz CT molecular complexity index is 571. The van der Waals surface area contributed by atoms with Crippen LogP contribution < -0.4 is 5.32 Å². The third-order valence-corrected chi connectivity index (χ3v) is 5.37. The third-order valence-electron chi connectivity index (χ3n) is 4.26. The molecule has 1 aromatic rings. The van der Waals surface area contributed by atoms with Crippen molar-refractivity contribution in [3.8, 4) is 0 Å². The first-order valence-corrected chi connectivity index (χ1v) is 9.18. The maximum Gasteiger partial charge on any atom is 0.310 e. The zero-order chi connectivity index (χ0) is 17.5. The molecule has 0 radical (unpaired) electrons. The van der Waals surface area contributed by atoms with Gasteiger partial charge in [-0.25, -0.2) is 0 Å². The van der Waals surface area contributed by atoms with E-state index in [1.165, 1.54) is 12.0 Å². The van der Waals surface area contributed by atoms with E-state index in [-0.39, 0.29) is 41.8 Å². The van der Waals surface area contributed by atoms with Crippen molar-refractivity contribution in [2.24, 2.45) is 16.8 Å². The summed E-state index contributed by atoms with van der Waals surface area (Å²) in [7, 11) is 3.24. The highest BCUT2D eigenvalue weighted by atomic mass is 127. The molecule has 3 unspecified atom stereocenters. The van der Waals surface area contributed by atoms with E-state index in [0.29, 0.717) is 11.8 Å². The quantitative estimate of drug-likeness (QED) is 0.232. The average molecular weight is 477 g/mol. The molecule has 0 bridgehead atoms. The summed E-state index contributed by atoms with van der Waals surface area (Å²) in [6.07, 6.45) is 0. The van der Waals surface area contributed by atoms with E-state index in [4.69, 9.17) is 4.74 Å². The standard InChI is InChI=1S/C18H27N3O2S.HI/c1-13-11-21(12-16(13)17(22)23-4)18(19-3)20-10-14(2)24-15-8-6-5-7-9-15;/h5-9,13-14,16H,10-12H2,1-4H3,(H,19,20);1H. The zero-order valence-electron chi connectivity index (χ0n) is 15.3. The van der Waals surface area contributed by atoms with Gasteiger partial charge in [-0.3, -0.25) is 9.79 Å². The molecular formula is C18H28IN3O2S. The van der Waals surface area contributed by atoms with Crippen molar-refractivity contribution >= 4 is 47.7 Å². The first-order valence-electron chi connectivity index (χ1n) is 8.30. The number of hydrogen-bond acceptors (Lipinski definition) is 4. The second kappa shape index (κ2) is 10.9. The number of hydrogen-bond donors (Lipinski definition) is 1. The van der Waals surface area contributed by atoms with Gasteiger partial charge in [-0.15, -0.1) is 35.7 Å². The van der Waals surface area contributed by atoms with Crippen molar-refractivity contribution in [2.75, 3.05) is 33.8 Å². The van der Waals surface area contributed by atoms with Gasteiger partial charge in [0.05, 0.1) is 13.0 Å². The summed E-state index contributed by atoms with van der Waals surface area (Å²) in [6.45, 7) is 6.58. The Balaban J connectivity index is 0.00000312. The van der Waals surface area contributed by atoms with Crippen LogP contribution in [0.15, 0.2) is 40.2 Å². The van der Waals surface area contributed by atoms with Gasteiger partial charge in [0.25, 0.3) is 0 Å². The molecule has 1 aliphatic rings. The summed E-state index contributed by atoms with van der Waals surface area (Å²) >= 11 is 1.84. The number of methoxy groups -OCH3 is 1. The molecule has 5 nitrogen and oxygen atoms in total. The Morgan fingerprint density at radius 1 is 1.40 bits per heavy atom. The molecule has 3 atom stereocenters. The SMILES string of the molecule is CN=C(NCC(C)Sc1ccccc1)N1CC(C)C(C(=O)OC)C1.I. The van der Waals surface area contributed by atoms with E-state index in [1.54, 1.807) is 7.05 Å². The van der Waals surface area contributed by atoms with Crippen LogP contribution in [0.1, 0.15) is 13.8 Å². The molecule has 0 saturated carbocycles. The van der Waals surface area contributed by atoms with E-state index in [2.05, 4.69) is 53.3 Å². The number of ether oxygens (including phenoxy) is 1. The molecule has 1 aromatic carbocycles. The summed E-state index contributed by atoms with van der Waals surface area (Å²) in [5.41, 5.74) is 0. The number of nitrogens with one attached hydrogen (secondary N) is 1. The van der Waals surface area contributed by atoms with Crippen molar-refractivity contribution in [2.45, 2.75) is 24.0 Å². The largest absolute Gasteiger partial charge is 0.469 e. The van der Waals surface area contributed by atoms with Crippen LogP contribution in [0.2, 0.25) is 0 Å². The molecule has 140 valence electrons. The molecule has 0 aromatic heterocycles. The van der Waals surface area contributed by atoms with Gasteiger partial charge < -0.3 is 15.0 Å². The second-order valence-electron chi connectivity index (χ2n) is 6.18. The van der Waals surface area contributed by atoms with Crippen LogP contribution in [0.5, 0.6) is 0 Å². The van der Waals surface area contributed by atoms with Gasteiger partial charge in [-0.2, -0.15) is 0 Å². The van der Waals surface area contributed by atoms with Crippen molar-refractivity contribution in [1.29, 1.82) is 0 Å². The number of aliphatic imine (C=N–C) groups is 1. The van der Waals surface area contributed by atoms with Gasteiger partial charge in [0, 0.05) is 36.8 Å². The Labute approximate surface area is 172 Å². The minimum absolute atomic E-state index is 0. The number of rotatable bonds is 5. The Kier molecular flexibility index (Phi) is 9.63. The fraction of sp³-hybridized carbons (Fsp3) is 0.556. The molecule has 1 fully saturated rings. The van der Waals surface area contributed by atoms with E-state index in [0.717, 1.165) is 19.0 Å². The highest BCUT2D eigenvalue weighted by Gasteiger charge is 2.36. The van der Waals surface area contributed by atoms with E-state index in [9.17, 15) is 4.79 Å². The van der Waals surface area contributed by atoms with Crippen molar-refractivity contribution in [3.63, 3.8) is 0 Å². The molecule has 7 heteroatoms. The second-order valence-corrected chi connectivity index (χ2v) is 7.69. The van der Waals surface area contributed by atoms with Crippen LogP contribution in [0.4, 0.5) is 0 Å². The van der Waals surface area contributed by atoms with Gasteiger partial charge in [-0.05, 0) is 18.1 Å². The molecular weight excluding hydrogens is 449 g/mol. The topological polar surface area (TPSA) is 53.9 Å². The van der Waals surface area contributed by atoms with Gasteiger partial charge in [-0.1, -0.05) is 32.0 Å². The normalized spacial score (nSPS) is 21.4. The lowest BCUT2D eigenvalue weighted by Crippen LogP contribution is -2.42. The monoisotopic (exact) mass is 477 g/mol. The number of nitrogens with zero attached hydrogens (tertiary/aromatic N) is 2. The van der Waals surface area contributed by atoms with Crippen LogP contribution >= 0.6 is 35.7 Å². The minimum Gasteiger partial charge on any atom is -0.469 e. The molecule has 0 amide bonds. The van der Waals surface area contributed by atoms with E-state index >= 15 is 0 Å². The first-order chi connectivity index (χ1) is 11.5. The molecule has 0 spiro atoms. The zero-order valence-corrected chi connectivity index (χ0v) is 18.4. The molecule has 1 saturated heterocycles.